The Balaban J connectivity index is 2.00. The van der Waals surface area contributed by atoms with Gasteiger partial charge in [0.1, 0.15) is 3.58 Å². The predicted octanol–water partition coefficient (Wildman–Crippen LogP) is 3.76. The van der Waals surface area contributed by atoms with Crippen LogP contribution in [0.5, 0.6) is 0 Å². The molecule has 1 fully saturated rings. The molecule has 0 radical (unpaired) electrons. The summed E-state index contributed by atoms with van der Waals surface area (Å²) in [6, 6.07) is 4.00. The lowest BCUT2D eigenvalue weighted by atomic mass is 9.98. The van der Waals surface area contributed by atoms with Crippen molar-refractivity contribution in [2.24, 2.45) is 0 Å². The molecular weight excluding hydrogens is 335 g/mol. The van der Waals surface area contributed by atoms with Gasteiger partial charge in [-0.3, -0.25) is 4.79 Å². The minimum atomic E-state index is -0.504. The molecule has 3 rings (SSSR count). The summed E-state index contributed by atoms with van der Waals surface area (Å²) in [5.74, 6) is 1.01. The molecule has 2 aliphatic rings. The van der Waals surface area contributed by atoms with Crippen LogP contribution < -0.4 is 0 Å². The van der Waals surface area contributed by atoms with Crippen molar-refractivity contribution in [3.8, 4) is 0 Å². The van der Waals surface area contributed by atoms with E-state index in [0.29, 0.717) is 0 Å². The lowest BCUT2D eigenvalue weighted by Gasteiger charge is -2.21. The van der Waals surface area contributed by atoms with Crippen molar-refractivity contribution in [3.63, 3.8) is 0 Å². The molecule has 0 unspecified atom stereocenters. The van der Waals surface area contributed by atoms with Crippen molar-refractivity contribution in [3.05, 3.63) is 26.0 Å². The third-order valence-electron chi connectivity index (χ3n) is 3.27. The molecule has 2 heterocycles. The molecule has 84 valence electrons. The van der Waals surface area contributed by atoms with Crippen LogP contribution in [-0.2, 0) is 9.53 Å². The van der Waals surface area contributed by atoms with Crippen LogP contribution in [0.25, 0.3) is 5.76 Å². The van der Waals surface area contributed by atoms with E-state index in [1.165, 1.54) is 0 Å². The highest BCUT2D eigenvalue weighted by molar-refractivity contribution is 14.1. The van der Waals surface area contributed by atoms with E-state index in [1.54, 1.807) is 11.3 Å². The van der Waals surface area contributed by atoms with Crippen LogP contribution in [0.4, 0.5) is 0 Å². The number of Topliss-reactive ketones (excluding diaryl/α,β-unsaturated/α-hetero) is 1. The maximum atomic E-state index is 12.2. The molecule has 0 amide bonds. The van der Waals surface area contributed by atoms with E-state index in [-0.39, 0.29) is 5.78 Å². The number of ether oxygens (including phenoxy) is 1. The highest BCUT2D eigenvalue weighted by Crippen LogP contribution is 2.48. The Morgan fingerprint density at radius 1 is 1.38 bits per heavy atom. The molecule has 1 aromatic rings. The molecule has 1 aliphatic heterocycles. The summed E-state index contributed by atoms with van der Waals surface area (Å²) in [6.07, 6.45) is 3.97. The molecule has 2 nitrogen and oxygen atoms in total. The van der Waals surface area contributed by atoms with E-state index >= 15 is 0 Å². The van der Waals surface area contributed by atoms with Crippen molar-refractivity contribution in [2.75, 3.05) is 0 Å². The molecule has 1 saturated carbocycles. The summed E-state index contributed by atoms with van der Waals surface area (Å²) in [4.78, 5) is 13.3. The third kappa shape index (κ3) is 1.46. The number of halogens is 1. The first-order chi connectivity index (χ1) is 7.73. The quantitative estimate of drug-likeness (QED) is 0.724. The summed E-state index contributed by atoms with van der Waals surface area (Å²) in [7, 11) is 0. The van der Waals surface area contributed by atoms with Crippen LogP contribution >= 0.6 is 33.9 Å². The minimum Gasteiger partial charge on any atom is -0.476 e. The zero-order chi connectivity index (χ0) is 11.2. The van der Waals surface area contributed by atoms with E-state index in [9.17, 15) is 4.79 Å². The Kier molecular flexibility index (Phi) is 2.58. The van der Waals surface area contributed by atoms with Gasteiger partial charge in [-0.15, -0.1) is 11.3 Å². The number of carbonyl (C=O) groups is 1. The second-order valence-electron chi connectivity index (χ2n) is 4.25. The van der Waals surface area contributed by atoms with E-state index in [2.05, 4.69) is 22.6 Å². The van der Waals surface area contributed by atoms with Gasteiger partial charge in [-0.2, -0.15) is 0 Å². The largest absolute Gasteiger partial charge is 0.476 e. The fourth-order valence-electron chi connectivity index (χ4n) is 2.43. The number of thiophene rings is 1. The van der Waals surface area contributed by atoms with Gasteiger partial charge in [0, 0.05) is 0 Å². The van der Waals surface area contributed by atoms with Crippen LogP contribution in [0.2, 0.25) is 0 Å². The second-order valence-corrected chi connectivity index (χ2v) is 6.28. The van der Waals surface area contributed by atoms with Crippen LogP contribution in [0.3, 0.4) is 0 Å². The van der Waals surface area contributed by atoms with Gasteiger partial charge in [-0.1, -0.05) is 6.07 Å². The maximum absolute atomic E-state index is 12.2. The topological polar surface area (TPSA) is 26.3 Å². The second kappa shape index (κ2) is 3.84. The Morgan fingerprint density at radius 2 is 2.12 bits per heavy atom. The van der Waals surface area contributed by atoms with Crippen molar-refractivity contribution in [1.82, 2.24) is 0 Å². The Bertz CT molecular complexity index is 455. The number of ketones is 1. The van der Waals surface area contributed by atoms with Gasteiger partial charge in [0.05, 0.1) is 4.88 Å². The highest BCUT2D eigenvalue weighted by Gasteiger charge is 2.50. The molecular formula is C12H11IO2S. The summed E-state index contributed by atoms with van der Waals surface area (Å²) in [6.45, 7) is 0. The molecule has 0 N–H and O–H groups in total. The molecule has 0 atom stereocenters. The van der Waals surface area contributed by atoms with Crippen molar-refractivity contribution >= 4 is 45.5 Å². The molecule has 0 bridgehead atoms. The molecule has 4 heteroatoms. The van der Waals surface area contributed by atoms with Gasteiger partial charge in [-0.05, 0) is 59.7 Å². The zero-order valence-corrected chi connectivity index (χ0v) is 11.6. The number of carbonyl (C=O) groups excluding carboxylic acids is 1. The first-order valence-corrected chi connectivity index (χ1v) is 7.36. The van der Waals surface area contributed by atoms with E-state index in [0.717, 1.165) is 39.9 Å². The van der Waals surface area contributed by atoms with Crippen molar-refractivity contribution < 1.29 is 9.53 Å². The van der Waals surface area contributed by atoms with Gasteiger partial charge in [-0.25, -0.2) is 0 Å². The summed E-state index contributed by atoms with van der Waals surface area (Å²) in [5.41, 5.74) is -0.504. The molecule has 1 aromatic heterocycles. The summed E-state index contributed by atoms with van der Waals surface area (Å²) in [5, 5.41) is 2.01. The Hall–Kier alpha value is -0.360. The van der Waals surface area contributed by atoms with Gasteiger partial charge in [0.2, 0.25) is 5.78 Å². The molecule has 16 heavy (non-hydrogen) atoms. The SMILES string of the molecule is O=C1C(I)=C(c2cccs2)OC12CCCC2. The standard InChI is InChI=1S/C12H11IO2S/c13-9-10(8-4-3-7-16-8)15-12(11(9)14)5-1-2-6-12/h3-4,7H,1-2,5-6H2. The van der Waals surface area contributed by atoms with E-state index in [1.807, 2.05) is 17.5 Å². The van der Waals surface area contributed by atoms with E-state index in [4.69, 9.17) is 4.74 Å². The van der Waals surface area contributed by atoms with Gasteiger partial charge in [0.25, 0.3) is 0 Å². The highest BCUT2D eigenvalue weighted by atomic mass is 127. The zero-order valence-electron chi connectivity index (χ0n) is 8.66. The lowest BCUT2D eigenvalue weighted by molar-refractivity contribution is -0.128. The Morgan fingerprint density at radius 3 is 2.75 bits per heavy atom. The summed E-state index contributed by atoms with van der Waals surface area (Å²) < 4.78 is 6.79. The number of hydrogen-bond donors (Lipinski definition) is 0. The molecule has 0 aromatic carbocycles. The monoisotopic (exact) mass is 346 g/mol. The average molecular weight is 346 g/mol. The van der Waals surface area contributed by atoms with Crippen molar-refractivity contribution in [1.29, 1.82) is 0 Å². The fraction of sp³-hybridized carbons (Fsp3) is 0.417. The first-order valence-electron chi connectivity index (χ1n) is 5.40. The average Bonchev–Trinajstić information content (AvgIpc) is 2.98. The molecule has 1 aliphatic carbocycles. The molecule has 1 spiro atoms. The lowest BCUT2D eigenvalue weighted by Crippen LogP contribution is -2.33. The number of hydrogen-bond acceptors (Lipinski definition) is 3. The van der Waals surface area contributed by atoms with Crippen LogP contribution in [-0.4, -0.2) is 11.4 Å². The van der Waals surface area contributed by atoms with Crippen LogP contribution in [0.1, 0.15) is 30.6 Å². The fourth-order valence-corrected chi connectivity index (χ4v) is 4.22. The van der Waals surface area contributed by atoms with Crippen LogP contribution in [0.15, 0.2) is 21.1 Å². The van der Waals surface area contributed by atoms with Crippen molar-refractivity contribution in [2.45, 2.75) is 31.3 Å². The number of rotatable bonds is 1. The van der Waals surface area contributed by atoms with E-state index < -0.39 is 5.60 Å². The van der Waals surface area contributed by atoms with Gasteiger partial charge >= 0.3 is 0 Å². The Labute approximate surface area is 112 Å². The van der Waals surface area contributed by atoms with Crippen LogP contribution in [0, 0.1) is 0 Å². The minimum absolute atomic E-state index is 0.203. The first kappa shape index (κ1) is 10.8. The smallest absolute Gasteiger partial charge is 0.216 e. The normalized spacial score (nSPS) is 23.2. The molecule has 0 saturated heterocycles. The summed E-state index contributed by atoms with van der Waals surface area (Å²) >= 11 is 3.76. The van der Waals surface area contributed by atoms with Gasteiger partial charge < -0.3 is 4.74 Å². The predicted molar refractivity (Wildman–Crippen MR) is 72.6 cm³/mol. The maximum Gasteiger partial charge on any atom is 0.216 e. The van der Waals surface area contributed by atoms with Gasteiger partial charge in [0.15, 0.2) is 11.4 Å². The third-order valence-corrected chi connectivity index (χ3v) is 5.11.